The standard InChI is InChI=1S/C20H23N5/c1-19-12-24(11-16-6-4-3-5-7-16)13-20(19,2)15-25(14-19)18-10-22-17(8-21)9-23-18/h3-7,9-10H,11-15H2,1-2H3. The smallest absolute Gasteiger partial charge is 0.158 e. The predicted molar refractivity (Wildman–Crippen MR) is 96.9 cm³/mol. The van der Waals surface area contributed by atoms with Crippen LogP contribution in [0.15, 0.2) is 42.7 Å². The molecule has 5 nitrogen and oxygen atoms in total. The average Bonchev–Trinajstić information content (AvgIpc) is 2.99. The van der Waals surface area contributed by atoms with Crippen LogP contribution >= 0.6 is 0 Å². The normalized spacial score (nSPS) is 28.8. The zero-order valence-corrected chi connectivity index (χ0v) is 14.8. The number of nitriles is 1. The summed E-state index contributed by atoms with van der Waals surface area (Å²) in [5.74, 6) is 0.880. The summed E-state index contributed by atoms with van der Waals surface area (Å²) in [6, 6.07) is 12.7. The lowest BCUT2D eigenvalue weighted by Gasteiger charge is -2.30. The zero-order chi connectivity index (χ0) is 17.5. The van der Waals surface area contributed by atoms with Gasteiger partial charge in [0.25, 0.3) is 0 Å². The summed E-state index contributed by atoms with van der Waals surface area (Å²) < 4.78 is 0. The van der Waals surface area contributed by atoms with Crippen LogP contribution in [0.1, 0.15) is 25.1 Å². The third-order valence-electron chi connectivity index (χ3n) is 6.01. The lowest BCUT2D eigenvalue weighted by atomic mass is 9.71. The second-order valence-corrected chi connectivity index (χ2v) is 7.98. The van der Waals surface area contributed by atoms with Gasteiger partial charge in [0.2, 0.25) is 0 Å². The SMILES string of the molecule is CC12CN(Cc3ccccc3)CC1(C)CN(c1cnc(C#N)cn1)C2. The van der Waals surface area contributed by atoms with E-state index in [2.05, 4.69) is 63.9 Å². The molecule has 2 aromatic rings. The number of hydrogen-bond acceptors (Lipinski definition) is 5. The van der Waals surface area contributed by atoms with Crippen molar-refractivity contribution in [1.29, 1.82) is 5.26 Å². The van der Waals surface area contributed by atoms with Crippen molar-refractivity contribution in [3.05, 3.63) is 54.0 Å². The van der Waals surface area contributed by atoms with Crippen molar-refractivity contribution >= 4 is 5.82 Å². The molecule has 2 aliphatic heterocycles. The molecule has 2 atom stereocenters. The molecule has 0 aliphatic carbocycles. The molecular weight excluding hydrogens is 310 g/mol. The summed E-state index contributed by atoms with van der Waals surface area (Å²) in [4.78, 5) is 13.5. The van der Waals surface area contributed by atoms with Crippen LogP contribution in [-0.4, -0.2) is 41.0 Å². The zero-order valence-electron chi connectivity index (χ0n) is 14.8. The maximum absolute atomic E-state index is 8.89. The molecule has 0 radical (unpaired) electrons. The molecule has 2 unspecified atom stereocenters. The fourth-order valence-electron chi connectivity index (χ4n) is 4.46. The number of rotatable bonds is 3. The van der Waals surface area contributed by atoms with Crippen molar-refractivity contribution in [2.45, 2.75) is 20.4 Å². The molecule has 5 heteroatoms. The quantitative estimate of drug-likeness (QED) is 0.864. The van der Waals surface area contributed by atoms with Crippen molar-refractivity contribution in [3.8, 4) is 6.07 Å². The first-order valence-electron chi connectivity index (χ1n) is 8.75. The number of hydrogen-bond donors (Lipinski definition) is 0. The van der Waals surface area contributed by atoms with Crippen molar-refractivity contribution in [1.82, 2.24) is 14.9 Å². The number of nitrogens with zero attached hydrogens (tertiary/aromatic N) is 5. The molecule has 0 N–H and O–H groups in total. The Bertz CT molecular complexity index is 777. The van der Waals surface area contributed by atoms with Gasteiger partial charge < -0.3 is 4.90 Å². The molecule has 0 saturated carbocycles. The summed E-state index contributed by atoms with van der Waals surface area (Å²) in [6.45, 7) is 9.97. The van der Waals surface area contributed by atoms with E-state index in [-0.39, 0.29) is 10.8 Å². The molecule has 4 rings (SSSR count). The van der Waals surface area contributed by atoms with E-state index in [4.69, 9.17) is 5.26 Å². The van der Waals surface area contributed by atoms with Gasteiger partial charge in [-0.1, -0.05) is 44.2 Å². The molecule has 2 aliphatic rings. The van der Waals surface area contributed by atoms with Crippen molar-refractivity contribution < 1.29 is 0 Å². The van der Waals surface area contributed by atoms with E-state index in [1.165, 1.54) is 5.56 Å². The van der Waals surface area contributed by atoms with E-state index in [0.717, 1.165) is 38.5 Å². The van der Waals surface area contributed by atoms with Gasteiger partial charge in [0.15, 0.2) is 5.69 Å². The minimum Gasteiger partial charge on any atom is -0.354 e. The minimum atomic E-state index is 0.233. The van der Waals surface area contributed by atoms with Crippen LogP contribution in [0.3, 0.4) is 0 Å². The van der Waals surface area contributed by atoms with Gasteiger partial charge in [-0.2, -0.15) is 5.26 Å². The Morgan fingerprint density at radius 3 is 2.24 bits per heavy atom. The molecule has 3 heterocycles. The minimum absolute atomic E-state index is 0.233. The molecule has 128 valence electrons. The van der Waals surface area contributed by atoms with E-state index in [0.29, 0.717) is 5.69 Å². The second kappa shape index (κ2) is 5.82. The third-order valence-corrected chi connectivity index (χ3v) is 6.01. The second-order valence-electron chi connectivity index (χ2n) is 7.98. The van der Waals surface area contributed by atoms with Gasteiger partial charge in [0, 0.05) is 43.6 Å². The van der Waals surface area contributed by atoms with Gasteiger partial charge in [-0.25, -0.2) is 9.97 Å². The lowest BCUT2D eigenvalue weighted by Crippen LogP contribution is -2.34. The van der Waals surface area contributed by atoms with Crippen LogP contribution < -0.4 is 4.90 Å². The van der Waals surface area contributed by atoms with E-state index in [1.807, 2.05) is 6.07 Å². The summed E-state index contributed by atoms with van der Waals surface area (Å²) >= 11 is 0. The van der Waals surface area contributed by atoms with Crippen LogP contribution in [0.2, 0.25) is 0 Å². The fraction of sp³-hybridized carbons (Fsp3) is 0.450. The molecule has 0 spiro atoms. The molecule has 2 saturated heterocycles. The Balaban J connectivity index is 1.49. The Hall–Kier alpha value is -2.45. The van der Waals surface area contributed by atoms with E-state index >= 15 is 0 Å². The van der Waals surface area contributed by atoms with Crippen molar-refractivity contribution in [2.75, 3.05) is 31.1 Å². The molecule has 1 aromatic heterocycles. The van der Waals surface area contributed by atoms with Crippen molar-refractivity contribution in [3.63, 3.8) is 0 Å². The number of likely N-dealkylation sites (tertiary alicyclic amines) is 1. The monoisotopic (exact) mass is 333 g/mol. The highest BCUT2D eigenvalue weighted by atomic mass is 15.3. The van der Waals surface area contributed by atoms with Gasteiger partial charge in [-0.3, -0.25) is 4.90 Å². The maximum atomic E-state index is 8.89. The van der Waals surface area contributed by atoms with Crippen molar-refractivity contribution in [2.24, 2.45) is 10.8 Å². The Morgan fingerprint density at radius 1 is 1.00 bits per heavy atom. The highest BCUT2D eigenvalue weighted by molar-refractivity contribution is 5.41. The first-order chi connectivity index (χ1) is 12.0. The molecule has 0 amide bonds. The molecule has 0 bridgehead atoms. The van der Waals surface area contributed by atoms with Gasteiger partial charge in [0.05, 0.1) is 12.4 Å². The van der Waals surface area contributed by atoms with Crippen LogP contribution in [-0.2, 0) is 6.54 Å². The van der Waals surface area contributed by atoms with Crippen LogP contribution in [0.4, 0.5) is 5.82 Å². The molecule has 1 aromatic carbocycles. The summed E-state index contributed by atoms with van der Waals surface area (Å²) in [5, 5.41) is 8.89. The molecular formula is C20H23N5. The highest BCUT2D eigenvalue weighted by Gasteiger charge is 2.57. The van der Waals surface area contributed by atoms with Gasteiger partial charge >= 0.3 is 0 Å². The highest BCUT2D eigenvalue weighted by Crippen LogP contribution is 2.52. The van der Waals surface area contributed by atoms with Gasteiger partial charge in [-0.05, 0) is 5.56 Å². The van der Waals surface area contributed by atoms with E-state index in [9.17, 15) is 0 Å². The van der Waals surface area contributed by atoms with Gasteiger partial charge in [-0.15, -0.1) is 0 Å². The predicted octanol–water partition coefficient (Wildman–Crippen LogP) is 2.70. The summed E-state index contributed by atoms with van der Waals surface area (Å²) in [6.07, 6.45) is 3.30. The number of benzene rings is 1. The third kappa shape index (κ3) is 2.77. The van der Waals surface area contributed by atoms with Crippen LogP contribution in [0.25, 0.3) is 0 Å². The van der Waals surface area contributed by atoms with Gasteiger partial charge in [0.1, 0.15) is 11.9 Å². The Kier molecular flexibility index (Phi) is 3.73. The topological polar surface area (TPSA) is 56.0 Å². The number of anilines is 1. The Morgan fingerprint density at radius 2 is 1.68 bits per heavy atom. The molecule has 2 fully saturated rings. The maximum Gasteiger partial charge on any atom is 0.158 e. The Labute approximate surface area is 148 Å². The first-order valence-corrected chi connectivity index (χ1v) is 8.75. The number of aromatic nitrogens is 2. The van der Waals surface area contributed by atoms with E-state index < -0.39 is 0 Å². The average molecular weight is 333 g/mol. The molecule has 25 heavy (non-hydrogen) atoms. The summed E-state index contributed by atoms with van der Waals surface area (Å²) in [5.41, 5.74) is 2.22. The lowest BCUT2D eigenvalue weighted by molar-refractivity contribution is 0.212. The largest absolute Gasteiger partial charge is 0.354 e. The van der Waals surface area contributed by atoms with E-state index in [1.54, 1.807) is 12.4 Å². The first kappa shape index (κ1) is 16.0. The number of fused-ring (bicyclic) bond motifs is 1. The summed E-state index contributed by atoms with van der Waals surface area (Å²) in [7, 11) is 0. The van der Waals surface area contributed by atoms with Crippen LogP contribution in [0, 0.1) is 22.2 Å². The fourth-order valence-corrected chi connectivity index (χ4v) is 4.46. The van der Waals surface area contributed by atoms with Crippen LogP contribution in [0.5, 0.6) is 0 Å².